The van der Waals surface area contributed by atoms with E-state index in [9.17, 15) is 0 Å². The molecule has 0 aromatic rings. The average Bonchev–Trinajstić information content (AvgIpc) is 2.30. The Morgan fingerprint density at radius 3 is 2.62 bits per heavy atom. The zero-order chi connectivity index (χ0) is 11.6. The van der Waals surface area contributed by atoms with Crippen LogP contribution >= 0.6 is 0 Å². The molecular formula is C12H25NO3. The molecule has 4 heteroatoms. The predicted molar refractivity (Wildman–Crippen MR) is 63.5 cm³/mol. The van der Waals surface area contributed by atoms with Crippen molar-refractivity contribution in [2.24, 2.45) is 5.73 Å². The normalized spacial score (nSPS) is 25.9. The Morgan fingerprint density at radius 2 is 1.88 bits per heavy atom. The van der Waals surface area contributed by atoms with Crippen LogP contribution in [0.1, 0.15) is 32.1 Å². The van der Waals surface area contributed by atoms with Crippen molar-refractivity contribution in [2.45, 2.75) is 44.2 Å². The highest BCUT2D eigenvalue weighted by Gasteiger charge is 2.21. The molecule has 1 aliphatic carbocycles. The van der Waals surface area contributed by atoms with E-state index in [1.165, 1.54) is 12.8 Å². The molecule has 0 aromatic heterocycles. The number of rotatable bonds is 8. The first-order valence-corrected chi connectivity index (χ1v) is 6.28. The van der Waals surface area contributed by atoms with Gasteiger partial charge in [-0.1, -0.05) is 12.8 Å². The summed E-state index contributed by atoms with van der Waals surface area (Å²) in [5, 5.41) is 0. The molecule has 0 amide bonds. The summed E-state index contributed by atoms with van der Waals surface area (Å²) >= 11 is 0. The Hall–Kier alpha value is -0.160. The van der Waals surface area contributed by atoms with E-state index in [2.05, 4.69) is 0 Å². The molecule has 1 rings (SSSR count). The van der Waals surface area contributed by atoms with Gasteiger partial charge in [-0.3, -0.25) is 0 Å². The standard InChI is InChI=1S/C12H25NO3/c1-14-9-10-15-7-4-8-16-12-6-3-2-5-11(12)13/h11-12H,2-10,13H2,1H3. The van der Waals surface area contributed by atoms with Gasteiger partial charge in [-0.15, -0.1) is 0 Å². The molecule has 2 unspecified atom stereocenters. The van der Waals surface area contributed by atoms with E-state index in [1.54, 1.807) is 7.11 Å². The maximum Gasteiger partial charge on any atom is 0.0725 e. The second-order valence-corrected chi connectivity index (χ2v) is 4.32. The first kappa shape index (κ1) is 13.9. The zero-order valence-electron chi connectivity index (χ0n) is 10.3. The molecule has 0 saturated heterocycles. The smallest absolute Gasteiger partial charge is 0.0725 e. The Labute approximate surface area is 98.4 Å². The predicted octanol–water partition coefficient (Wildman–Crippen LogP) is 1.33. The van der Waals surface area contributed by atoms with Crippen molar-refractivity contribution in [3.63, 3.8) is 0 Å². The average molecular weight is 231 g/mol. The van der Waals surface area contributed by atoms with Crippen LogP contribution in [-0.2, 0) is 14.2 Å². The summed E-state index contributed by atoms with van der Waals surface area (Å²) in [7, 11) is 1.68. The van der Waals surface area contributed by atoms with E-state index in [4.69, 9.17) is 19.9 Å². The highest BCUT2D eigenvalue weighted by atomic mass is 16.5. The fourth-order valence-corrected chi connectivity index (χ4v) is 1.97. The molecule has 0 radical (unpaired) electrons. The molecule has 96 valence electrons. The van der Waals surface area contributed by atoms with Crippen LogP contribution in [0.4, 0.5) is 0 Å². The quantitative estimate of drug-likeness (QED) is 0.640. The Kier molecular flexibility index (Phi) is 7.76. The fraction of sp³-hybridized carbons (Fsp3) is 1.00. The van der Waals surface area contributed by atoms with Crippen molar-refractivity contribution < 1.29 is 14.2 Å². The van der Waals surface area contributed by atoms with Gasteiger partial charge in [-0.25, -0.2) is 0 Å². The first-order chi connectivity index (χ1) is 7.84. The van der Waals surface area contributed by atoms with Crippen LogP contribution in [0.15, 0.2) is 0 Å². The van der Waals surface area contributed by atoms with E-state index in [1.807, 2.05) is 0 Å². The summed E-state index contributed by atoms with van der Waals surface area (Å²) in [5.74, 6) is 0. The van der Waals surface area contributed by atoms with E-state index in [-0.39, 0.29) is 12.1 Å². The Balaban J connectivity index is 1.90. The van der Waals surface area contributed by atoms with Gasteiger partial charge in [0.25, 0.3) is 0 Å². The van der Waals surface area contributed by atoms with Crippen LogP contribution < -0.4 is 5.73 Å². The molecule has 16 heavy (non-hydrogen) atoms. The molecule has 0 aliphatic heterocycles. The molecule has 0 heterocycles. The van der Waals surface area contributed by atoms with E-state index in [0.29, 0.717) is 13.2 Å². The highest BCUT2D eigenvalue weighted by molar-refractivity contribution is 4.78. The number of methoxy groups -OCH3 is 1. The molecule has 2 atom stereocenters. The second kappa shape index (κ2) is 8.93. The lowest BCUT2D eigenvalue weighted by Gasteiger charge is -2.28. The summed E-state index contributed by atoms with van der Waals surface area (Å²) in [6, 6.07) is 0.239. The SMILES string of the molecule is COCCOCCCOC1CCCCC1N. The van der Waals surface area contributed by atoms with Crippen LogP contribution in [0.25, 0.3) is 0 Å². The minimum atomic E-state index is 0.239. The van der Waals surface area contributed by atoms with Crippen molar-refractivity contribution in [3.8, 4) is 0 Å². The van der Waals surface area contributed by atoms with Crippen LogP contribution in [-0.4, -0.2) is 45.7 Å². The van der Waals surface area contributed by atoms with Gasteiger partial charge in [0.2, 0.25) is 0 Å². The van der Waals surface area contributed by atoms with Gasteiger partial charge >= 0.3 is 0 Å². The Bertz CT molecular complexity index is 166. The van der Waals surface area contributed by atoms with E-state index < -0.39 is 0 Å². The zero-order valence-corrected chi connectivity index (χ0v) is 10.3. The van der Waals surface area contributed by atoms with Gasteiger partial charge < -0.3 is 19.9 Å². The van der Waals surface area contributed by atoms with Crippen molar-refractivity contribution in [1.29, 1.82) is 0 Å². The molecule has 1 saturated carbocycles. The van der Waals surface area contributed by atoms with Crippen LogP contribution in [0.5, 0.6) is 0 Å². The number of ether oxygens (including phenoxy) is 3. The van der Waals surface area contributed by atoms with Gasteiger partial charge in [0.15, 0.2) is 0 Å². The van der Waals surface area contributed by atoms with Crippen LogP contribution in [0, 0.1) is 0 Å². The van der Waals surface area contributed by atoms with Crippen molar-refractivity contribution in [3.05, 3.63) is 0 Å². The maximum atomic E-state index is 5.99. The van der Waals surface area contributed by atoms with Gasteiger partial charge in [-0.05, 0) is 19.3 Å². The molecule has 1 fully saturated rings. The number of hydrogen-bond donors (Lipinski definition) is 1. The van der Waals surface area contributed by atoms with Gasteiger partial charge in [0.1, 0.15) is 0 Å². The van der Waals surface area contributed by atoms with Crippen LogP contribution in [0.2, 0.25) is 0 Å². The lowest BCUT2D eigenvalue weighted by Crippen LogP contribution is -2.39. The van der Waals surface area contributed by atoms with Crippen molar-refractivity contribution >= 4 is 0 Å². The molecule has 1 aliphatic rings. The second-order valence-electron chi connectivity index (χ2n) is 4.32. The minimum Gasteiger partial charge on any atom is -0.382 e. The number of nitrogens with two attached hydrogens (primary N) is 1. The minimum absolute atomic E-state index is 0.239. The molecule has 0 spiro atoms. The number of hydrogen-bond acceptors (Lipinski definition) is 4. The summed E-state index contributed by atoms with van der Waals surface area (Å²) < 4.78 is 16.0. The molecule has 4 nitrogen and oxygen atoms in total. The molecular weight excluding hydrogens is 206 g/mol. The molecule has 0 aromatic carbocycles. The Morgan fingerprint density at radius 1 is 1.06 bits per heavy atom. The van der Waals surface area contributed by atoms with Gasteiger partial charge in [-0.2, -0.15) is 0 Å². The summed E-state index contributed by atoms with van der Waals surface area (Å²) in [5.41, 5.74) is 5.99. The van der Waals surface area contributed by atoms with Gasteiger partial charge in [0, 0.05) is 26.4 Å². The summed E-state index contributed by atoms with van der Waals surface area (Å²) in [4.78, 5) is 0. The highest BCUT2D eigenvalue weighted by Crippen LogP contribution is 2.19. The van der Waals surface area contributed by atoms with Crippen LogP contribution in [0.3, 0.4) is 0 Å². The first-order valence-electron chi connectivity index (χ1n) is 6.28. The molecule has 0 bridgehead atoms. The van der Waals surface area contributed by atoms with E-state index in [0.717, 1.165) is 32.5 Å². The third-order valence-corrected chi connectivity index (χ3v) is 2.95. The summed E-state index contributed by atoms with van der Waals surface area (Å²) in [6.45, 7) is 2.82. The van der Waals surface area contributed by atoms with Gasteiger partial charge in [0.05, 0.1) is 19.3 Å². The maximum absolute atomic E-state index is 5.99. The lowest BCUT2D eigenvalue weighted by molar-refractivity contribution is -0.00109. The lowest BCUT2D eigenvalue weighted by atomic mass is 9.93. The topological polar surface area (TPSA) is 53.7 Å². The summed E-state index contributed by atoms with van der Waals surface area (Å²) in [6.07, 6.45) is 5.94. The van der Waals surface area contributed by atoms with Crippen molar-refractivity contribution in [2.75, 3.05) is 33.5 Å². The monoisotopic (exact) mass is 231 g/mol. The van der Waals surface area contributed by atoms with E-state index >= 15 is 0 Å². The molecule has 2 N–H and O–H groups in total. The third kappa shape index (κ3) is 5.80. The fourth-order valence-electron chi connectivity index (χ4n) is 1.97. The largest absolute Gasteiger partial charge is 0.382 e. The van der Waals surface area contributed by atoms with Crippen molar-refractivity contribution in [1.82, 2.24) is 0 Å². The third-order valence-electron chi connectivity index (χ3n) is 2.95.